The summed E-state index contributed by atoms with van der Waals surface area (Å²) in [6.45, 7) is 5.03. The predicted octanol–water partition coefficient (Wildman–Crippen LogP) is 3.55. The minimum atomic E-state index is -1.63. The molecule has 9 heteroatoms. The van der Waals surface area contributed by atoms with Gasteiger partial charge in [-0.1, -0.05) is 36.7 Å². The molecule has 1 spiro atoms. The standard InChI is InChI=1S/C31H36ClN3O5/c1-5-29-13-6-15-35-16-14-30(26(29)35)23-12-11-22(39-4)17-24(23)34(3)27(30)31(38,28(29)40-19(2)36)18-33-25(37)20-7-9-21(32)10-8-20/h6-13,17,26-28,38H,5,14-16,18H2,1-4H3,(H,33,37)/t26-,27+,28+,29+,30+,31-/m0/s1. The fourth-order valence-electron chi connectivity index (χ4n) is 8.57. The molecule has 212 valence electrons. The number of halogens is 1. The van der Waals surface area contributed by atoms with Gasteiger partial charge in [0.1, 0.15) is 17.5 Å². The van der Waals surface area contributed by atoms with Crippen molar-refractivity contribution in [3.8, 4) is 5.75 Å². The van der Waals surface area contributed by atoms with Crippen molar-refractivity contribution < 1.29 is 24.2 Å². The molecule has 0 bridgehead atoms. The molecule has 6 atom stereocenters. The van der Waals surface area contributed by atoms with E-state index in [0.717, 1.165) is 36.5 Å². The van der Waals surface area contributed by atoms with Crippen molar-refractivity contribution in [2.24, 2.45) is 5.41 Å². The van der Waals surface area contributed by atoms with Crippen molar-refractivity contribution in [2.45, 2.75) is 55.9 Å². The molecule has 2 fully saturated rings. The van der Waals surface area contributed by atoms with Crippen LogP contribution in [-0.2, 0) is 14.9 Å². The number of carbonyl (C=O) groups excluding carboxylic acids is 2. The molecule has 1 saturated carbocycles. The normalized spacial score (nSPS) is 33.6. The fraction of sp³-hybridized carbons (Fsp3) is 0.484. The molecule has 8 nitrogen and oxygen atoms in total. The first-order chi connectivity index (χ1) is 19.1. The zero-order valence-electron chi connectivity index (χ0n) is 23.3. The Kier molecular flexibility index (Phi) is 6.44. The van der Waals surface area contributed by atoms with Gasteiger partial charge in [-0.25, -0.2) is 0 Å². The summed E-state index contributed by atoms with van der Waals surface area (Å²) in [6, 6.07) is 12.3. The first-order valence-corrected chi connectivity index (χ1v) is 14.3. The SMILES string of the molecule is CC[C@]12C=CCN3CC[C@@]4(c5ccc(OC)cc5N(C)[C@H]4[C@@](O)(CNC(=O)c4ccc(Cl)cc4)[C@@H]1OC(C)=O)[C@@H]32. The van der Waals surface area contributed by atoms with Gasteiger partial charge in [0.15, 0.2) is 0 Å². The van der Waals surface area contributed by atoms with Gasteiger partial charge in [0.2, 0.25) is 0 Å². The number of aliphatic hydroxyl groups is 1. The lowest BCUT2D eigenvalue weighted by Gasteiger charge is -2.64. The van der Waals surface area contributed by atoms with Crippen LogP contribution in [0.4, 0.5) is 5.69 Å². The molecule has 40 heavy (non-hydrogen) atoms. The quantitative estimate of drug-likeness (QED) is 0.409. The number of methoxy groups -OCH3 is 1. The van der Waals surface area contributed by atoms with Crippen molar-refractivity contribution in [1.82, 2.24) is 10.2 Å². The highest BCUT2D eigenvalue weighted by atomic mass is 35.5. The minimum absolute atomic E-state index is 0.00585. The Morgan fingerprint density at radius 2 is 1.93 bits per heavy atom. The zero-order valence-corrected chi connectivity index (χ0v) is 24.1. The van der Waals surface area contributed by atoms with Gasteiger partial charge in [0.05, 0.1) is 19.7 Å². The molecule has 0 unspecified atom stereocenters. The highest BCUT2D eigenvalue weighted by Crippen LogP contribution is 2.67. The number of esters is 1. The molecule has 2 aromatic rings. The highest BCUT2D eigenvalue weighted by molar-refractivity contribution is 6.30. The van der Waals surface area contributed by atoms with Crippen LogP contribution in [0.3, 0.4) is 0 Å². The van der Waals surface area contributed by atoms with Crippen molar-refractivity contribution in [1.29, 1.82) is 0 Å². The van der Waals surface area contributed by atoms with Crippen LogP contribution in [0.1, 0.15) is 42.6 Å². The zero-order chi connectivity index (χ0) is 28.4. The molecular weight excluding hydrogens is 530 g/mol. The second-order valence-electron chi connectivity index (χ2n) is 11.6. The van der Waals surface area contributed by atoms with Gasteiger partial charge in [0.25, 0.3) is 5.91 Å². The molecule has 4 aliphatic rings. The van der Waals surface area contributed by atoms with E-state index in [1.165, 1.54) is 6.92 Å². The van der Waals surface area contributed by atoms with Gasteiger partial charge in [-0.3, -0.25) is 14.5 Å². The van der Waals surface area contributed by atoms with E-state index in [1.807, 2.05) is 19.2 Å². The van der Waals surface area contributed by atoms with Crippen molar-refractivity contribution in [3.05, 3.63) is 70.8 Å². The van der Waals surface area contributed by atoms with Gasteiger partial charge >= 0.3 is 5.97 Å². The van der Waals surface area contributed by atoms with Crippen LogP contribution in [0.25, 0.3) is 0 Å². The average Bonchev–Trinajstić information content (AvgIpc) is 3.46. The van der Waals surface area contributed by atoms with E-state index >= 15 is 0 Å². The number of nitrogens with one attached hydrogen (secondary N) is 1. The highest BCUT2D eigenvalue weighted by Gasteiger charge is 2.77. The third-order valence-electron chi connectivity index (χ3n) is 9.85. The summed E-state index contributed by atoms with van der Waals surface area (Å²) in [4.78, 5) is 30.6. The Hall–Kier alpha value is -3.07. The summed E-state index contributed by atoms with van der Waals surface area (Å²) >= 11 is 6.03. The lowest BCUT2D eigenvalue weighted by molar-refractivity contribution is -0.216. The van der Waals surface area contributed by atoms with Gasteiger partial charge in [-0.15, -0.1) is 0 Å². The number of ether oxygens (including phenoxy) is 2. The maximum atomic E-state index is 13.3. The largest absolute Gasteiger partial charge is 0.497 e. The lowest BCUT2D eigenvalue weighted by Crippen LogP contribution is -2.81. The Bertz CT molecular complexity index is 1380. The molecule has 1 aliphatic carbocycles. The number of benzene rings is 2. The third-order valence-corrected chi connectivity index (χ3v) is 10.1. The van der Waals surface area contributed by atoms with Crippen LogP contribution in [0.5, 0.6) is 5.75 Å². The van der Waals surface area contributed by atoms with E-state index in [1.54, 1.807) is 31.4 Å². The molecule has 3 aliphatic heterocycles. The summed E-state index contributed by atoms with van der Waals surface area (Å²) in [5.74, 6) is -0.0616. The summed E-state index contributed by atoms with van der Waals surface area (Å²) in [5, 5.41) is 16.6. The molecular formula is C31H36ClN3O5. The Labute approximate surface area is 239 Å². The minimum Gasteiger partial charge on any atom is -0.497 e. The average molecular weight is 566 g/mol. The van der Waals surface area contributed by atoms with Crippen LogP contribution in [-0.4, -0.2) is 79.5 Å². The van der Waals surface area contributed by atoms with Crippen molar-refractivity contribution in [3.63, 3.8) is 0 Å². The number of likely N-dealkylation sites (N-methyl/N-ethyl adjacent to an activating group) is 1. The predicted molar refractivity (Wildman–Crippen MR) is 153 cm³/mol. The molecule has 2 N–H and O–H groups in total. The maximum Gasteiger partial charge on any atom is 0.303 e. The second-order valence-corrected chi connectivity index (χ2v) is 12.1. The molecule has 0 aromatic heterocycles. The van der Waals surface area contributed by atoms with Crippen LogP contribution in [0.15, 0.2) is 54.6 Å². The molecule has 1 amide bonds. The number of hydrogen-bond donors (Lipinski definition) is 2. The second kappa shape index (κ2) is 9.50. The van der Waals surface area contributed by atoms with E-state index in [4.69, 9.17) is 21.1 Å². The molecule has 2 aromatic carbocycles. The fourth-order valence-corrected chi connectivity index (χ4v) is 8.69. The summed E-state index contributed by atoms with van der Waals surface area (Å²) in [6.07, 6.45) is 4.89. The van der Waals surface area contributed by atoms with Gasteiger partial charge < -0.3 is 24.8 Å². The van der Waals surface area contributed by atoms with E-state index in [2.05, 4.69) is 40.3 Å². The number of amides is 1. The van der Waals surface area contributed by atoms with Crippen LogP contribution < -0.4 is 15.0 Å². The number of rotatable bonds is 6. The first-order valence-electron chi connectivity index (χ1n) is 13.9. The topological polar surface area (TPSA) is 91.3 Å². The van der Waals surface area contributed by atoms with E-state index < -0.39 is 34.5 Å². The molecule has 6 rings (SSSR count). The lowest BCUT2D eigenvalue weighted by atomic mass is 9.47. The molecule has 1 saturated heterocycles. The van der Waals surface area contributed by atoms with E-state index in [9.17, 15) is 14.7 Å². The first kappa shape index (κ1) is 27.1. The number of anilines is 1. The smallest absolute Gasteiger partial charge is 0.303 e. The summed E-state index contributed by atoms with van der Waals surface area (Å²) in [7, 11) is 3.63. The Morgan fingerprint density at radius 1 is 1.18 bits per heavy atom. The van der Waals surface area contributed by atoms with Crippen molar-refractivity contribution >= 4 is 29.2 Å². The number of nitrogens with zero attached hydrogens (tertiary/aromatic N) is 2. The monoisotopic (exact) mass is 565 g/mol. The Morgan fingerprint density at radius 3 is 2.60 bits per heavy atom. The summed E-state index contributed by atoms with van der Waals surface area (Å²) < 4.78 is 11.7. The van der Waals surface area contributed by atoms with Gasteiger partial charge in [-0.05, 0) is 55.3 Å². The summed E-state index contributed by atoms with van der Waals surface area (Å²) in [5.41, 5.74) is -0.184. The number of carbonyl (C=O) groups is 2. The van der Waals surface area contributed by atoms with E-state index in [0.29, 0.717) is 17.0 Å². The van der Waals surface area contributed by atoms with Gasteiger partial charge in [0, 0.05) is 59.7 Å². The Balaban J connectivity index is 1.53. The van der Waals surface area contributed by atoms with Crippen LogP contribution >= 0.6 is 11.6 Å². The van der Waals surface area contributed by atoms with Gasteiger partial charge in [-0.2, -0.15) is 0 Å². The number of hydrogen-bond acceptors (Lipinski definition) is 7. The van der Waals surface area contributed by atoms with Crippen LogP contribution in [0, 0.1) is 5.41 Å². The van der Waals surface area contributed by atoms with Crippen LogP contribution in [0.2, 0.25) is 5.02 Å². The third kappa shape index (κ3) is 3.58. The molecule has 0 radical (unpaired) electrons. The van der Waals surface area contributed by atoms with E-state index in [-0.39, 0.29) is 18.5 Å². The molecule has 3 heterocycles. The van der Waals surface area contributed by atoms with Crippen molar-refractivity contribution in [2.75, 3.05) is 38.7 Å². The maximum absolute atomic E-state index is 13.3. The number of fused-ring (bicyclic) bond motifs is 1.